The average molecular weight is 202 g/mol. The van der Waals surface area contributed by atoms with Gasteiger partial charge in [-0.3, -0.25) is 0 Å². The smallest absolute Gasteiger partial charge is 0.341 e. The fraction of sp³-hybridized carbons (Fsp3) is 0.125. The van der Waals surface area contributed by atoms with Gasteiger partial charge in [0.05, 0.1) is 18.5 Å². The number of hydrogen-bond acceptors (Lipinski definition) is 4. The van der Waals surface area contributed by atoms with Crippen LogP contribution in [0.25, 0.3) is 0 Å². The van der Waals surface area contributed by atoms with Gasteiger partial charge in [0, 0.05) is 0 Å². The summed E-state index contributed by atoms with van der Waals surface area (Å²) < 4.78 is 30.3. The number of esters is 1. The van der Waals surface area contributed by atoms with Crippen molar-refractivity contribution in [2.75, 3.05) is 18.6 Å². The Kier molecular flexibility index (Phi) is 2.55. The Hall–Kier alpha value is -1.85. The average Bonchev–Trinajstić information content (AvgIpc) is 2.19. The molecule has 0 aromatic heterocycles. The molecule has 0 saturated heterocycles. The molecular weight excluding hydrogens is 194 g/mol. The number of nitrogens with two attached hydrogens (primary N) is 2. The van der Waals surface area contributed by atoms with Gasteiger partial charge < -0.3 is 16.2 Å². The van der Waals surface area contributed by atoms with Crippen LogP contribution in [0, 0.1) is 11.6 Å². The molecule has 76 valence electrons. The molecule has 0 amide bonds. The number of ether oxygens (including phenoxy) is 1. The maximum atomic E-state index is 13.1. The fourth-order valence-electron chi connectivity index (χ4n) is 0.918. The summed E-state index contributed by atoms with van der Waals surface area (Å²) in [7, 11) is 1.05. The van der Waals surface area contributed by atoms with Crippen molar-refractivity contribution in [1.29, 1.82) is 0 Å². The number of halogens is 2. The summed E-state index contributed by atoms with van der Waals surface area (Å²) in [5.74, 6) is -3.71. The molecule has 6 heteroatoms. The first kappa shape index (κ1) is 10.2. The Balaban J connectivity index is 3.40. The summed E-state index contributed by atoms with van der Waals surface area (Å²) in [6, 6.07) is 0.930. The molecule has 0 aliphatic heterocycles. The molecule has 1 rings (SSSR count). The third kappa shape index (κ3) is 1.46. The van der Waals surface area contributed by atoms with Crippen LogP contribution in [-0.4, -0.2) is 13.1 Å². The molecule has 0 spiro atoms. The van der Waals surface area contributed by atoms with Gasteiger partial charge in [-0.25, -0.2) is 13.6 Å². The van der Waals surface area contributed by atoms with Crippen LogP contribution in [0.2, 0.25) is 0 Å². The molecule has 0 aliphatic carbocycles. The first-order chi connectivity index (χ1) is 6.49. The SMILES string of the molecule is COC(=O)c1cc(N)c(N)c(F)c1F. The van der Waals surface area contributed by atoms with Gasteiger partial charge in [-0.15, -0.1) is 0 Å². The number of anilines is 2. The van der Waals surface area contributed by atoms with Crippen molar-refractivity contribution in [3.05, 3.63) is 23.3 Å². The lowest BCUT2D eigenvalue weighted by atomic mass is 10.1. The topological polar surface area (TPSA) is 78.3 Å². The maximum absolute atomic E-state index is 13.1. The van der Waals surface area contributed by atoms with Gasteiger partial charge in [-0.05, 0) is 6.07 Å². The van der Waals surface area contributed by atoms with E-state index >= 15 is 0 Å². The van der Waals surface area contributed by atoms with Crippen molar-refractivity contribution in [3.8, 4) is 0 Å². The zero-order valence-electron chi connectivity index (χ0n) is 7.30. The van der Waals surface area contributed by atoms with Gasteiger partial charge in [0.25, 0.3) is 0 Å². The van der Waals surface area contributed by atoms with E-state index in [-0.39, 0.29) is 5.69 Å². The zero-order chi connectivity index (χ0) is 10.9. The standard InChI is InChI=1S/C8H8F2N2O2/c1-14-8(13)3-2-4(11)7(12)6(10)5(3)9/h2H,11-12H2,1H3. The highest BCUT2D eigenvalue weighted by molar-refractivity contribution is 5.92. The number of methoxy groups -OCH3 is 1. The van der Waals surface area contributed by atoms with E-state index in [9.17, 15) is 13.6 Å². The molecule has 0 unspecified atom stereocenters. The van der Waals surface area contributed by atoms with Crippen molar-refractivity contribution in [2.45, 2.75) is 0 Å². The Labute approximate surface area is 78.4 Å². The van der Waals surface area contributed by atoms with Crippen molar-refractivity contribution >= 4 is 17.3 Å². The van der Waals surface area contributed by atoms with Crippen LogP contribution in [0.4, 0.5) is 20.2 Å². The van der Waals surface area contributed by atoms with Crippen LogP contribution in [-0.2, 0) is 4.74 Å². The molecular formula is C8H8F2N2O2. The Morgan fingerprint density at radius 2 is 1.93 bits per heavy atom. The molecule has 1 aromatic rings. The van der Waals surface area contributed by atoms with E-state index in [0.29, 0.717) is 0 Å². The Bertz CT molecular complexity index is 393. The molecule has 0 heterocycles. The summed E-state index contributed by atoms with van der Waals surface area (Å²) in [5.41, 5.74) is 9.05. The van der Waals surface area contributed by atoms with E-state index in [1.165, 1.54) is 0 Å². The summed E-state index contributed by atoms with van der Waals surface area (Å²) in [6.07, 6.45) is 0. The number of carbonyl (C=O) groups is 1. The predicted octanol–water partition coefficient (Wildman–Crippen LogP) is 0.916. The van der Waals surface area contributed by atoms with Crippen LogP contribution in [0.5, 0.6) is 0 Å². The minimum Gasteiger partial charge on any atom is -0.465 e. The van der Waals surface area contributed by atoms with Gasteiger partial charge in [0.2, 0.25) is 0 Å². The van der Waals surface area contributed by atoms with Gasteiger partial charge in [0.15, 0.2) is 11.6 Å². The Morgan fingerprint density at radius 3 is 2.43 bits per heavy atom. The molecule has 0 saturated carbocycles. The molecule has 14 heavy (non-hydrogen) atoms. The predicted molar refractivity (Wildman–Crippen MR) is 46.5 cm³/mol. The highest BCUT2D eigenvalue weighted by Crippen LogP contribution is 2.25. The first-order valence-electron chi connectivity index (χ1n) is 3.60. The molecule has 1 aromatic carbocycles. The minimum absolute atomic E-state index is 0.204. The first-order valence-corrected chi connectivity index (χ1v) is 3.60. The summed E-state index contributed by atoms with van der Waals surface area (Å²) in [4.78, 5) is 10.9. The van der Waals surface area contributed by atoms with Crippen LogP contribution in [0.1, 0.15) is 10.4 Å². The summed E-state index contributed by atoms with van der Waals surface area (Å²) in [5, 5.41) is 0. The van der Waals surface area contributed by atoms with E-state index < -0.39 is 28.9 Å². The number of carbonyl (C=O) groups excluding carboxylic acids is 1. The second kappa shape index (κ2) is 3.49. The lowest BCUT2D eigenvalue weighted by Gasteiger charge is -2.06. The van der Waals surface area contributed by atoms with Crippen LogP contribution in [0.3, 0.4) is 0 Å². The highest BCUT2D eigenvalue weighted by atomic mass is 19.2. The second-order valence-corrected chi connectivity index (χ2v) is 2.55. The molecule has 0 radical (unpaired) electrons. The number of nitrogen functional groups attached to an aromatic ring is 2. The third-order valence-corrected chi connectivity index (χ3v) is 1.68. The van der Waals surface area contributed by atoms with Gasteiger partial charge in [0.1, 0.15) is 5.56 Å². The largest absolute Gasteiger partial charge is 0.465 e. The second-order valence-electron chi connectivity index (χ2n) is 2.55. The van der Waals surface area contributed by atoms with E-state index in [1.807, 2.05) is 0 Å². The van der Waals surface area contributed by atoms with Crippen molar-refractivity contribution in [1.82, 2.24) is 0 Å². The van der Waals surface area contributed by atoms with Gasteiger partial charge >= 0.3 is 5.97 Å². The number of benzene rings is 1. The summed E-state index contributed by atoms with van der Waals surface area (Å²) >= 11 is 0. The normalized spacial score (nSPS) is 9.93. The molecule has 0 atom stereocenters. The van der Waals surface area contributed by atoms with E-state index in [4.69, 9.17) is 11.5 Å². The lowest BCUT2D eigenvalue weighted by molar-refractivity contribution is 0.0594. The van der Waals surface area contributed by atoms with E-state index in [0.717, 1.165) is 13.2 Å². The molecule has 0 bridgehead atoms. The molecule has 4 nitrogen and oxygen atoms in total. The van der Waals surface area contributed by atoms with Crippen LogP contribution in [0.15, 0.2) is 6.07 Å². The number of hydrogen-bond donors (Lipinski definition) is 2. The maximum Gasteiger partial charge on any atom is 0.341 e. The van der Waals surface area contributed by atoms with E-state index in [2.05, 4.69) is 4.74 Å². The van der Waals surface area contributed by atoms with Gasteiger partial charge in [-0.2, -0.15) is 0 Å². The third-order valence-electron chi connectivity index (χ3n) is 1.68. The number of rotatable bonds is 1. The molecule has 4 N–H and O–H groups in total. The molecule has 0 aliphatic rings. The zero-order valence-corrected chi connectivity index (χ0v) is 7.30. The quantitative estimate of drug-likeness (QED) is 0.524. The fourth-order valence-corrected chi connectivity index (χ4v) is 0.918. The highest BCUT2D eigenvalue weighted by Gasteiger charge is 2.20. The van der Waals surface area contributed by atoms with Crippen molar-refractivity contribution < 1.29 is 18.3 Å². The van der Waals surface area contributed by atoms with Crippen LogP contribution < -0.4 is 11.5 Å². The van der Waals surface area contributed by atoms with E-state index in [1.54, 1.807) is 0 Å². The summed E-state index contributed by atoms with van der Waals surface area (Å²) in [6.45, 7) is 0. The lowest BCUT2D eigenvalue weighted by Crippen LogP contribution is -2.10. The van der Waals surface area contributed by atoms with Crippen LogP contribution >= 0.6 is 0 Å². The minimum atomic E-state index is -1.36. The van der Waals surface area contributed by atoms with Crippen molar-refractivity contribution in [3.63, 3.8) is 0 Å². The monoisotopic (exact) mass is 202 g/mol. The van der Waals surface area contributed by atoms with Gasteiger partial charge in [-0.1, -0.05) is 0 Å². The Morgan fingerprint density at radius 1 is 1.36 bits per heavy atom. The molecule has 0 fully saturated rings. The van der Waals surface area contributed by atoms with Crippen molar-refractivity contribution in [2.24, 2.45) is 0 Å².